The highest BCUT2D eigenvalue weighted by Crippen LogP contribution is 2.37. The van der Waals surface area contributed by atoms with E-state index < -0.39 is 0 Å². The molecule has 1 saturated carbocycles. The Hall–Kier alpha value is -0.0800. The smallest absolute Gasteiger partial charge is 0.0249 e. The minimum atomic E-state index is 0.386. The lowest BCUT2D eigenvalue weighted by Gasteiger charge is -2.45. The first-order valence-electron chi connectivity index (χ1n) is 7.99. The highest BCUT2D eigenvalue weighted by atomic mass is 15.2. The maximum atomic E-state index is 3.81. The lowest BCUT2D eigenvalue weighted by molar-refractivity contribution is 0.0736. The van der Waals surface area contributed by atoms with E-state index in [-0.39, 0.29) is 0 Å². The third-order valence-corrected chi connectivity index (χ3v) is 4.72. The average molecular weight is 252 g/mol. The fraction of sp³-hybridized carbons (Fsp3) is 1.00. The monoisotopic (exact) mass is 252 g/mol. The van der Waals surface area contributed by atoms with Crippen LogP contribution in [0.15, 0.2) is 0 Å². The zero-order valence-corrected chi connectivity index (χ0v) is 12.8. The summed E-state index contributed by atoms with van der Waals surface area (Å²) in [6.07, 6.45) is 7.05. The second-order valence-electron chi connectivity index (χ2n) is 7.43. The fourth-order valence-electron chi connectivity index (χ4n) is 3.17. The molecule has 2 nitrogen and oxygen atoms in total. The molecule has 106 valence electrons. The van der Waals surface area contributed by atoms with Gasteiger partial charge in [-0.1, -0.05) is 40.5 Å². The van der Waals surface area contributed by atoms with Crippen LogP contribution in [0, 0.1) is 11.3 Å². The highest BCUT2D eigenvalue weighted by molar-refractivity contribution is 4.97. The number of hydrogen-bond acceptors (Lipinski definition) is 2. The average Bonchev–Trinajstić information content (AvgIpc) is 3.12. The number of nitrogens with one attached hydrogen (secondary N) is 1. The second-order valence-corrected chi connectivity index (χ2v) is 7.43. The Morgan fingerprint density at radius 3 is 2.44 bits per heavy atom. The van der Waals surface area contributed by atoms with Crippen molar-refractivity contribution in [2.45, 2.75) is 71.9 Å². The standard InChI is InChI=1S/C16H32N2/c1-5-6-7-10-18-12-15(16(2,3)4)17-11-14(18)13-8-9-13/h13-15,17H,5-12H2,1-4H3. The van der Waals surface area contributed by atoms with Gasteiger partial charge < -0.3 is 5.32 Å². The molecule has 2 fully saturated rings. The molecule has 2 heteroatoms. The lowest BCUT2D eigenvalue weighted by atomic mass is 9.84. The van der Waals surface area contributed by atoms with Gasteiger partial charge in [-0.15, -0.1) is 0 Å². The van der Waals surface area contributed by atoms with Gasteiger partial charge in [-0.2, -0.15) is 0 Å². The van der Waals surface area contributed by atoms with Gasteiger partial charge in [0.15, 0.2) is 0 Å². The van der Waals surface area contributed by atoms with Crippen molar-refractivity contribution in [2.75, 3.05) is 19.6 Å². The fourth-order valence-corrected chi connectivity index (χ4v) is 3.17. The highest BCUT2D eigenvalue weighted by Gasteiger charge is 2.40. The van der Waals surface area contributed by atoms with Gasteiger partial charge in [0.05, 0.1) is 0 Å². The summed E-state index contributed by atoms with van der Waals surface area (Å²) in [6, 6.07) is 1.49. The van der Waals surface area contributed by atoms with Crippen LogP contribution in [0.3, 0.4) is 0 Å². The van der Waals surface area contributed by atoms with Crippen molar-refractivity contribution in [1.29, 1.82) is 0 Å². The zero-order chi connectivity index (χ0) is 13.2. The third kappa shape index (κ3) is 3.71. The Morgan fingerprint density at radius 2 is 1.89 bits per heavy atom. The molecule has 2 unspecified atom stereocenters. The van der Waals surface area contributed by atoms with Gasteiger partial charge in [0, 0.05) is 25.2 Å². The van der Waals surface area contributed by atoms with Crippen molar-refractivity contribution >= 4 is 0 Å². The van der Waals surface area contributed by atoms with Crippen molar-refractivity contribution in [3.8, 4) is 0 Å². The Balaban J connectivity index is 1.90. The van der Waals surface area contributed by atoms with E-state index >= 15 is 0 Å². The number of unbranched alkanes of at least 4 members (excludes halogenated alkanes) is 2. The molecule has 2 atom stereocenters. The van der Waals surface area contributed by atoms with Crippen LogP contribution < -0.4 is 5.32 Å². The van der Waals surface area contributed by atoms with Crippen LogP contribution in [0.5, 0.6) is 0 Å². The first kappa shape index (κ1) is 14.3. The van der Waals surface area contributed by atoms with Crippen LogP contribution in [-0.4, -0.2) is 36.6 Å². The molecular formula is C16H32N2. The predicted octanol–water partition coefficient (Wildman–Crippen LogP) is 3.28. The normalized spacial score (nSPS) is 30.7. The molecule has 1 saturated heterocycles. The van der Waals surface area contributed by atoms with Crippen molar-refractivity contribution in [3.05, 3.63) is 0 Å². The molecule has 0 aromatic rings. The summed E-state index contributed by atoms with van der Waals surface area (Å²) in [7, 11) is 0. The van der Waals surface area contributed by atoms with Crippen LogP contribution in [0.25, 0.3) is 0 Å². The molecule has 0 amide bonds. The first-order chi connectivity index (χ1) is 8.52. The van der Waals surface area contributed by atoms with E-state index in [1.807, 2.05) is 0 Å². The van der Waals surface area contributed by atoms with Gasteiger partial charge in [0.2, 0.25) is 0 Å². The molecule has 1 aliphatic carbocycles. The van der Waals surface area contributed by atoms with E-state index in [1.165, 1.54) is 51.7 Å². The minimum Gasteiger partial charge on any atom is -0.311 e. The van der Waals surface area contributed by atoms with E-state index in [4.69, 9.17) is 0 Å². The van der Waals surface area contributed by atoms with E-state index in [2.05, 4.69) is 37.9 Å². The second kappa shape index (κ2) is 5.92. The van der Waals surface area contributed by atoms with Crippen LogP contribution in [-0.2, 0) is 0 Å². The molecule has 18 heavy (non-hydrogen) atoms. The molecule has 1 aliphatic heterocycles. The van der Waals surface area contributed by atoms with E-state index in [0.717, 1.165) is 12.0 Å². The number of piperazine rings is 1. The number of rotatable bonds is 5. The quantitative estimate of drug-likeness (QED) is 0.756. The Kier molecular flexibility index (Phi) is 4.71. The van der Waals surface area contributed by atoms with Gasteiger partial charge >= 0.3 is 0 Å². The maximum absolute atomic E-state index is 3.81. The molecule has 0 radical (unpaired) electrons. The molecule has 2 aliphatic rings. The molecular weight excluding hydrogens is 220 g/mol. The van der Waals surface area contributed by atoms with Crippen LogP contribution in [0.4, 0.5) is 0 Å². The summed E-state index contributed by atoms with van der Waals surface area (Å²) < 4.78 is 0. The van der Waals surface area contributed by atoms with Crippen LogP contribution in [0.1, 0.15) is 59.8 Å². The maximum Gasteiger partial charge on any atom is 0.0249 e. The van der Waals surface area contributed by atoms with Crippen molar-refractivity contribution in [3.63, 3.8) is 0 Å². The van der Waals surface area contributed by atoms with Crippen LogP contribution in [0.2, 0.25) is 0 Å². The van der Waals surface area contributed by atoms with E-state index in [1.54, 1.807) is 0 Å². The zero-order valence-electron chi connectivity index (χ0n) is 12.8. The van der Waals surface area contributed by atoms with Crippen molar-refractivity contribution < 1.29 is 0 Å². The van der Waals surface area contributed by atoms with Gasteiger partial charge in [-0.3, -0.25) is 4.90 Å². The summed E-state index contributed by atoms with van der Waals surface area (Å²) >= 11 is 0. The molecule has 2 rings (SSSR count). The summed E-state index contributed by atoms with van der Waals surface area (Å²) in [5.41, 5.74) is 0.386. The van der Waals surface area contributed by atoms with Crippen molar-refractivity contribution in [1.82, 2.24) is 10.2 Å². The molecule has 0 spiro atoms. The Bertz CT molecular complexity index is 252. The van der Waals surface area contributed by atoms with Gasteiger partial charge in [-0.25, -0.2) is 0 Å². The summed E-state index contributed by atoms with van der Waals surface area (Å²) in [6.45, 7) is 13.2. The van der Waals surface area contributed by atoms with Crippen molar-refractivity contribution in [2.24, 2.45) is 11.3 Å². The number of nitrogens with zero attached hydrogens (tertiary/aromatic N) is 1. The van der Waals surface area contributed by atoms with E-state index in [9.17, 15) is 0 Å². The molecule has 0 bridgehead atoms. The number of hydrogen-bond donors (Lipinski definition) is 1. The largest absolute Gasteiger partial charge is 0.311 e. The van der Waals surface area contributed by atoms with Gasteiger partial charge in [-0.05, 0) is 37.1 Å². The molecule has 0 aromatic heterocycles. The molecule has 0 aromatic carbocycles. The van der Waals surface area contributed by atoms with Gasteiger partial charge in [0.1, 0.15) is 0 Å². The summed E-state index contributed by atoms with van der Waals surface area (Å²) in [5, 5.41) is 3.81. The molecule has 1 heterocycles. The molecule has 1 N–H and O–H groups in total. The topological polar surface area (TPSA) is 15.3 Å². The summed E-state index contributed by atoms with van der Waals surface area (Å²) in [4.78, 5) is 2.81. The first-order valence-corrected chi connectivity index (χ1v) is 7.99. The summed E-state index contributed by atoms with van der Waals surface area (Å²) in [5.74, 6) is 1.00. The predicted molar refractivity (Wildman–Crippen MR) is 78.9 cm³/mol. The third-order valence-electron chi connectivity index (χ3n) is 4.72. The lowest BCUT2D eigenvalue weighted by Crippen LogP contribution is -2.61. The van der Waals surface area contributed by atoms with Crippen LogP contribution >= 0.6 is 0 Å². The SMILES string of the molecule is CCCCCN1CC(C(C)(C)C)NCC1C1CC1. The minimum absolute atomic E-state index is 0.386. The van der Waals surface area contributed by atoms with Gasteiger partial charge in [0.25, 0.3) is 0 Å². The Morgan fingerprint density at radius 1 is 1.17 bits per heavy atom. The Labute approximate surface area is 114 Å². The van der Waals surface area contributed by atoms with E-state index in [0.29, 0.717) is 11.5 Å².